The quantitative estimate of drug-likeness (QED) is 0.298. The maximum atomic E-state index is 12.8. The van der Waals surface area contributed by atoms with Crippen molar-refractivity contribution >= 4 is 54.8 Å². The van der Waals surface area contributed by atoms with Crippen molar-refractivity contribution in [2.75, 3.05) is 23.3 Å². The highest BCUT2D eigenvalue weighted by Crippen LogP contribution is 2.29. The lowest BCUT2D eigenvalue weighted by molar-refractivity contribution is -0.118. The lowest BCUT2D eigenvalue weighted by Gasteiger charge is -2.15. The van der Waals surface area contributed by atoms with Crippen LogP contribution < -0.4 is 19.5 Å². The van der Waals surface area contributed by atoms with Gasteiger partial charge in [0.2, 0.25) is 0 Å². The van der Waals surface area contributed by atoms with Gasteiger partial charge in [-0.1, -0.05) is 34.5 Å². The van der Waals surface area contributed by atoms with Gasteiger partial charge in [-0.2, -0.15) is 0 Å². The summed E-state index contributed by atoms with van der Waals surface area (Å²) in [6.45, 7) is 6.02. The summed E-state index contributed by atoms with van der Waals surface area (Å²) in [5.74, 6) is 0.491. The van der Waals surface area contributed by atoms with Crippen molar-refractivity contribution in [1.82, 2.24) is 0 Å². The molecule has 7 nitrogen and oxygen atoms in total. The minimum absolute atomic E-state index is 0.0359. The molecule has 3 aromatic rings. The summed E-state index contributed by atoms with van der Waals surface area (Å²) in [6, 6.07) is 14.5. The molecule has 2 N–H and O–H groups in total. The van der Waals surface area contributed by atoms with E-state index in [1.165, 1.54) is 18.2 Å². The number of nitrogens with one attached hydrogen (secondary N) is 2. The van der Waals surface area contributed by atoms with E-state index >= 15 is 0 Å². The van der Waals surface area contributed by atoms with Gasteiger partial charge in [-0.25, -0.2) is 8.42 Å². The molecule has 0 aliphatic heterocycles. The Morgan fingerprint density at radius 3 is 2.37 bits per heavy atom. The van der Waals surface area contributed by atoms with Crippen molar-refractivity contribution in [2.24, 2.45) is 0 Å². The second kappa shape index (κ2) is 11.8. The molecule has 0 spiro atoms. The first kappa shape index (κ1) is 26.8. The Bertz CT molecular complexity index is 1310. The lowest BCUT2D eigenvalue weighted by atomic mass is 10.1. The number of halogens is 2. The Hall–Kier alpha value is -2.75. The van der Waals surface area contributed by atoms with Gasteiger partial charge in [0.25, 0.3) is 15.9 Å². The molecule has 3 aromatic carbocycles. The first-order valence-corrected chi connectivity index (χ1v) is 13.5. The van der Waals surface area contributed by atoms with Crippen LogP contribution in [0, 0.1) is 6.92 Å². The van der Waals surface area contributed by atoms with Gasteiger partial charge in [-0.15, -0.1) is 0 Å². The van der Waals surface area contributed by atoms with E-state index < -0.39 is 10.0 Å². The predicted molar refractivity (Wildman–Crippen MR) is 142 cm³/mol. The first-order valence-electron chi connectivity index (χ1n) is 10.9. The van der Waals surface area contributed by atoms with E-state index in [0.717, 1.165) is 27.7 Å². The standard InChI is InChI=1S/C25H26BrClN2O5S/c1-4-17-13-18(26)12-16(3)25(17)28-24(30)15-34-23-11-10-21(14-22(23)27)35(31,32)29-19-6-8-20(9-7-19)33-5-2/h6-14,29H,4-5,15H2,1-3H3,(H,28,30). The van der Waals surface area contributed by atoms with Gasteiger partial charge >= 0.3 is 0 Å². The molecule has 0 saturated heterocycles. The molecule has 0 unspecified atom stereocenters. The number of anilines is 2. The molecule has 0 bridgehead atoms. The highest BCUT2D eigenvalue weighted by molar-refractivity contribution is 9.10. The number of amides is 1. The van der Waals surface area contributed by atoms with Crippen molar-refractivity contribution in [3.63, 3.8) is 0 Å². The summed E-state index contributed by atoms with van der Waals surface area (Å²) in [6.07, 6.45) is 0.753. The molecule has 0 aliphatic rings. The number of aryl methyl sites for hydroxylation is 2. The third-order valence-electron chi connectivity index (χ3n) is 5.02. The summed E-state index contributed by atoms with van der Waals surface area (Å²) in [5, 5.41) is 2.95. The van der Waals surface area contributed by atoms with Crippen LogP contribution in [0.3, 0.4) is 0 Å². The van der Waals surface area contributed by atoms with Gasteiger partial charge < -0.3 is 14.8 Å². The molecule has 0 aliphatic carbocycles. The fraction of sp³-hybridized carbons (Fsp3) is 0.240. The molecule has 10 heteroatoms. The van der Waals surface area contributed by atoms with E-state index in [9.17, 15) is 13.2 Å². The van der Waals surface area contributed by atoms with Crippen LogP contribution in [0.4, 0.5) is 11.4 Å². The van der Waals surface area contributed by atoms with Crippen molar-refractivity contribution in [3.8, 4) is 11.5 Å². The number of hydrogen-bond acceptors (Lipinski definition) is 5. The monoisotopic (exact) mass is 580 g/mol. The summed E-state index contributed by atoms with van der Waals surface area (Å²) < 4.78 is 39.9. The predicted octanol–water partition coefficient (Wildman–Crippen LogP) is 6.19. The summed E-state index contributed by atoms with van der Waals surface area (Å²) in [7, 11) is -3.88. The van der Waals surface area contributed by atoms with Crippen molar-refractivity contribution in [1.29, 1.82) is 0 Å². The molecule has 0 heterocycles. The molecule has 0 radical (unpaired) electrons. The van der Waals surface area contributed by atoms with E-state index in [4.69, 9.17) is 21.1 Å². The topological polar surface area (TPSA) is 93.7 Å². The van der Waals surface area contributed by atoms with Crippen molar-refractivity contribution in [2.45, 2.75) is 32.1 Å². The smallest absolute Gasteiger partial charge is 0.262 e. The van der Waals surface area contributed by atoms with E-state index in [0.29, 0.717) is 18.0 Å². The van der Waals surface area contributed by atoms with Gasteiger partial charge in [-0.3, -0.25) is 9.52 Å². The number of hydrogen-bond donors (Lipinski definition) is 2. The molecule has 3 rings (SSSR count). The Labute approximate surface area is 219 Å². The number of carbonyl (C=O) groups excluding carboxylic acids is 1. The third kappa shape index (κ3) is 7.13. The average molecular weight is 582 g/mol. The van der Waals surface area contributed by atoms with Gasteiger partial charge in [0.1, 0.15) is 11.5 Å². The molecule has 35 heavy (non-hydrogen) atoms. The number of carbonyl (C=O) groups is 1. The fourth-order valence-corrected chi connectivity index (χ4v) is 5.36. The Kier molecular flexibility index (Phi) is 9.04. The van der Waals surface area contributed by atoms with Crippen LogP contribution in [0.1, 0.15) is 25.0 Å². The molecular formula is C25H26BrClN2O5S. The zero-order chi connectivity index (χ0) is 25.6. The zero-order valence-electron chi connectivity index (χ0n) is 19.5. The van der Waals surface area contributed by atoms with Crippen molar-refractivity contribution < 1.29 is 22.7 Å². The van der Waals surface area contributed by atoms with Gasteiger partial charge in [0.15, 0.2) is 6.61 Å². The molecule has 1 amide bonds. The Balaban J connectivity index is 1.65. The summed E-state index contributed by atoms with van der Waals surface area (Å²) in [4.78, 5) is 12.5. The second-order valence-corrected chi connectivity index (χ2v) is 10.6. The zero-order valence-corrected chi connectivity index (χ0v) is 22.7. The maximum absolute atomic E-state index is 12.8. The number of sulfonamides is 1. The number of benzene rings is 3. The van der Waals surface area contributed by atoms with Crippen LogP contribution >= 0.6 is 27.5 Å². The summed E-state index contributed by atoms with van der Waals surface area (Å²) >= 11 is 9.72. The highest BCUT2D eigenvalue weighted by atomic mass is 79.9. The largest absolute Gasteiger partial charge is 0.494 e. The third-order valence-corrected chi connectivity index (χ3v) is 7.15. The fourth-order valence-electron chi connectivity index (χ4n) is 3.35. The number of rotatable bonds is 10. The molecule has 0 atom stereocenters. The van der Waals surface area contributed by atoms with Crippen LogP contribution in [0.25, 0.3) is 0 Å². The SMILES string of the molecule is CCOc1ccc(NS(=O)(=O)c2ccc(OCC(=O)Nc3c(C)cc(Br)cc3CC)c(Cl)c2)cc1. The molecule has 0 aromatic heterocycles. The van der Waals surface area contributed by atoms with E-state index in [1.54, 1.807) is 24.3 Å². The average Bonchev–Trinajstić information content (AvgIpc) is 2.81. The highest BCUT2D eigenvalue weighted by Gasteiger charge is 2.17. The van der Waals surface area contributed by atoms with Gasteiger partial charge in [0.05, 0.1) is 16.5 Å². The Morgan fingerprint density at radius 1 is 1.03 bits per heavy atom. The van der Waals surface area contributed by atoms with Gasteiger partial charge in [-0.05, 0) is 86.0 Å². The second-order valence-electron chi connectivity index (χ2n) is 7.60. The molecule has 186 valence electrons. The van der Waals surface area contributed by atoms with Crippen molar-refractivity contribution in [3.05, 3.63) is 75.2 Å². The minimum atomic E-state index is -3.88. The minimum Gasteiger partial charge on any atom is -0.494 e. The van der Waals surface area contributed by atoms with Crippen LogP contribution in [0.15, 0.2) is 64.0 Å². The molecular weight excluding hydrogens is 556 g/mol. The summed E-state index contributed by atoms with van der Waals surface area (Å²) in [5.41, 5.74) is 3.06. The molecule has 0 fully saturated rings. The van der Waals surface area contributed by atoms with Crippen LogP contribution in [-0.4, -0.2) is 27.5 Å². The van der Waals surface area contributed by atoms with Crippen LogP contribution in [0.5, 0.6) is 11.5 Å². The maximum Gasteiger partial charge on any atom is 0.262 e. The van der Waals surface area contributed by atoms with Crippen LogP contribution in [0.2, 0.25) is 5.02 Å². The lowest BCUT2D eigenvalue weighted by Crippen LogP contribution is -2.21. The number of ether oxygens (including phenoxy) is 2. The molecule has 0 saturated carbocycles. The van der Waals surface area contributed by atoms with Crippen LogP contribution in [-0.2, 0) is 21.2 Å². The van der Waals surface area contributed by atoms with E-state index in [-0.39, 0.29) is 28.2 Å². The first-order chi connectivity index (χ1) is 16.6. The van der Waals surface area contributed by atoms with E-state index in [2.05, 4.69) is 26.0 Å². The van der Waals surface area contributed by atoms with E-state index in [1.807, 2.05) is 32.9 Å². The normalized spacial score (nSPS) is 11.1. The van der Waals surface area contributed by atoms with Gasteiger partial charge in [0, 0.05) is 15.8 Å². The Morgan fingerprint density at radius 2 is 1.74 bits per heavy atom.